The monoisotopic (exact) mass is 361 g/mol. The first-order valence-corrected chi connectivity index (χ1v) is 9.41. The Kier molecular flexibility index (Phi) is 7.39. The molecule has 0 saturated carbocycles. The molecule has 1 heterocycles. The number of hydrogen-bond donors (Lipinski definition) is 2. The molecule has 27 heavy (non-hydrogen) atoms. The molecule has 0 bridgehead atoms. The summed E-state index contributed by atoms with van der Waals surface area (Å²) < 4.78 is 6.44. The summed E-state index contributed by atoms with van der Waals surface area (Å²) in [6.45, 7) is 2.37. The topological polar surface area (TPSA) is 46.2 Å². The minimum Gasteiger partial charge on any atom is -0.485 e. The Hall–Kier alpha value is -2.69. The molecule has 3 rings (SSSR count). The van der Waals surface area contributed by atoms with Crippen molar-refractivity contribution in [3.8, 4) is 5.75 Å². The van der Waals surface area contributed by atoms with Gasteiger partial charge in [0.1, 0.15) is 11.9 Å². The molecule has 4 heteroatoms. The number of pyridine rings is 1. The fourth-order valence-corrected chi connectivity index (χ4v) is 2.98. The van der Waals surface area contributed by atoms with Crippen LogP contribution in [0.4, 0.5) is 0 Å². The van der Waals surface area contributed by atoms with Crippen LogP contribution in [-0.4, -0.2) is 18.6 Å². The van der Waals surface area contributed by atoms with E-state index in [0.29, 0.717) is 0 Å². The van der Waals surface area contributed by atoms with Gasteiger partial charge >= 0.3 is 0 Å². The summed E-state index contributed by atoms with van der Waals surface area (Å²) in [4.78, 5) is 4.35. The van der Waals surface area contributed by atoms with Gasteiger partial charge in [-0.05, 0) is 37.4 Å². The van der Waals surface area contributed by atoms with Gasteiger partial charge in [-0.2, -0.15) is 0 Å². The molecule has 0 spiro atoms. The third-order valence-electron chi connectivity index (χ3n) is 4.42. The number of nitrogens with one attached hydrogen (secondary N) is 2. The van der Waals surface area contributed by atoms with Gasteiger partial charge in [0.2, 0.25) is 0 Å². The smallest absolute Gasteiger partial charge is 0.125 e. The molecular weight excluding hydrogens is 334 g/mol. The lowest BCUT2D eigenvalue weighted by Gasteiger charge is -2.21. The first-order chi connectivity index (χ1) is 13.4. The highest BCUT2D eigenvalue weighted by atomic mass is 16.5. The zero-order valence-electron chi connectivity index (χ0n) is 15.8. The molecule has 0 radical (unpaired) electrons. The van der Waals surface area contributed by atoms with Crippen LogP contribution in [0, 0.1) is 0 Å². The van der Waals surface area contributed by atoms with Crippen molar-refractivity contribution in [1.82, 2.24) is 15.6 Å². The Morgan fingerprint density at radius 1 is 0.889 bits per heavy atom. The number of benzene rings is 2. The van der Waals surface area contributed by atoms with Crippen molar-refractivity contribution in [2.75, 3.05) is 13.6 Å². The van der Waals surface area contributed by atoms with Crippen molar-refractivity contribution >= 4 is 0 Å². The highest BCUT2D eigenvalue weighted by Gasteiger charge is 2.14. The number of rotatable bonds is 10. The zero-order chi connectivity index (χ0) is 18.7. The van der Waals surface area contributed by atoms with Gasteiger partial charge in [-0.25, -0.2) is 0 Å². The summed E-state index contributed by atoms with van der Waals surface area (Å²) in [5.74, 6) is 0.927. The minimum atomic E-state index is 0.0237. The molecule has 1 atom stereocenters. The maximum absolute atomic E-state index is 6.44. The number of nitrogens with zero attached hydrogens (tertiary/aromatic N) is 1. The van der Waals surface area contributed by atoms with E-state index in [2.05, 4.69) is 52.0 Å². The maximum atomic E-state index is 6.44. The van der Waals surface area contributed by atoms with E-state index >= 15 is 0 Å². The Balaban J connectivity index is 1.67. The van der Waals surface area contributed by atoms with Crippen LogP contribution in [0.25, 0.3) is 0 Å². The van der Waals surface area contributed by atoms with Crippen LogP contribution in [0.5, 0.6) is 5.75 Å². The van der Waals surface area contributed by atoms with Crippen LogP contribution in [-0.2, 0) is 13.1 Å². The van der Waals surface area contributed by atoms with Crippen LogP contribution < -0.4 is 15.4 Å². The fourth-order valence-electron chi connectivity index (χ4n) is 2.98. The molecule has 2 aromatic carbocycles. The Morgan fingerprint density at radius 3 is 2.44 bits per heavy atom. The quantitative estimate of drug-likeness (QED) is 0.571. The lowest BCUT2D eigenvalue weighted by atomic mass is 10.1. The lowest BCUT2D eigenvalue weighted by Crippen LogP contribution is -2.18. The first kappa shape index (κ1) is 19.1. The third kappa shape index (κ3) is 5.91. The molecule has 1 aromatic heterocycles. The van der Waals surface area contributed by atoms with Crippen molar-refractivity contribution in [3.05, 3.63) is 95.8 Å². The van der Waals surface area contributed by atoms with Crippen LogP contribution in [0.15, 0.2) is 79.0 Å². The van der Waals surface area contributed by atoms with E-state index in [9.17, 15) is 0 Å². The normalized spacial score (nSPS) is 11.9. The van der Waals surface area contributed by atoms with E-state index in [1.54, 1.807) is 0 Å². The second kappa shape index (κ2) is 10.5. The molecule has 0 fully saturated rings. The van der Waals surface area contributed by atoms with Crippen LogP contribution in [0.1, 0.15) is 29.3 Å². The molecule has 0 aliphatic heterocycles. The average Bonchev–Trinajstić information content (AvgIpc) is 2.73. The van der Waals surface area contributed by atoms with Gasteiger partial charge in [0.25, 0.3) is 0 Å². The van der Waals surface area contributed by atoms with Gasteiger partial charge in [0.05, 0.1) is 5.69 Å². The molecule has 0 aliphatic carbocycles. The summed E-state index contributed by atoms with van der Waals surface area (Å²) in [5, 5.41) is 6.68. The molecule has 140 valence electrons. The van der Waals surface area contributed by atoms with Gasteiger partial charge in [-0.1, -0.05) is 54.6 Å². The minimum absolute atomic E-state index is 0.0237. The predicted molar refractivity (Wildman–Crippen MR) is 110 cm³/mol. The summed E-state index contributed by atoms with van der Waals surface area (Å²) in [7, 11) is 1.97. The highest BCUT2D eigenvalue weighted by molar-refractivity contribution is 5.34. The zero-order valence-corrected chi connectivity index (χ0v) is 15.8. The lowest BCUT2D eigenvalue weighted by molar-refractivity contribution is 0.192. The van der Waals surface area contributed by atoms with Crippen LogP contribution in [0.3, 0.4) is 0 Å². The molecule has 2 N–H and O–H groups in total. The van der Waals surface area contributed by atoms with Crippen molar-refractivity contribution in [2.24, 2.45) is 0 Å². The standard InChI is InChI=1S/C23H27N3O/c1-24-16-14-23(19-9-3-2-4-10-19)27-22-13-6-5-11-20(22)17-25-18-21-12-7-8-15-26-21/h2-13,15,23-25H,14,16-18H2,1H3. The van der Waals surface area contributed by atoms with Gasteiger partial charge in [0, 0.05) is 31.3 Å². The Morgan fingerprint density at radius 2 is 1.67 bits per heavy atom. The highest BCUT2D eigenvalue weighted by Crippen LogP contribution is 2.27. The van der Waals surface area contributed by atoms with Crippen LogP contribution in [0.2, 0.25) is 0 Å². The van der Waals surface area contributed by atoms with Crippen molar-refractivity contribution < 1.29 is 4.74 Å². The van der Waals surface area contributed by atoms with E-state index in [0.717, 1.165) is 43.1 Å². The molecule has 0 amide bonds. The Bertz CT molecular complexity index is 793. The second-order valence-corrected chi connectivity index (χ2v) is 6.44. The van der Waals surface area contributed by atoms with E-state index in [1.165, 1.54) is 5.56 Å². The number of para-hydroxylation sites is 1. The maximum Gasteiger partial charge on any atom is 0.125 e. The summed E-state index contributed by atoms with van der Waals surface area (Å²) >= 11 is 0. The summed E-state index contributed by atoms with van der Waals surface area (Å²) in [6.07, 6.45) is 2.76. The van der Waals surface area contributed by atoms with Crippen molar-refractivity contribution in [2.45, 2.75) is 25.6 Å². The number of ether oxygens (including phenoxy) is 1. The molecular formula is C23H27N3O. The predicted octanol–water partition coefficient (Wildman–Crippen LogP) is 4.10. The van der Waals surface area contributed by atoms with Gasteiger partial charge in [0.15, 0.2) is 0 Å². The summed E-state index contributed by atoms with van der Waals surface area (Å²) in [5.41, 5.74) is 3.38. The van der Waals surface area contributed by atoms with Gasteiger partial charge in [-0.3, -0.25) is 4.98 Å². The number of aromatic nitrogens is 1. The van der Waals surface area contributed by atoms with Crippen LogP contribution >= 0.6 is 0 Å². The van der Waals surface area contributed by atoms with E-state index < -0.39 is 0 Å². The molecule has 4 nitrogen and oxygen atoms in total. The summed E-state index contributed by atoms with van der Waals surface area (Å²) in [6, 6.07) is 24.6. The largest absolute Gasteiger partial charge is 0.485 e. The third-order valence-corrected chi connectivity index (χ3v) is 4.42. The van der Waals surface area contributed by atoms with Gasteiger partial charge < -0.3 is 15.4 Å². The molecule has 3 aromatic rings. The number of hydrogen-bond acceptors (Lipinski definition) is 4. The molecule has 0 aliphatic rings. The van der Waals surface area contributed by atoms with Gasteiger partial charge in [-0.15, -0.1) is 0 Å². The van der Waals surface area contributed by atoms with E-state index in [4.69, 9.17) is 4.74 Å². The first-order valence-electron chi connectivity index (χ1n) is 9.41. The SMILES string of the molecule is CNCCC(Oc1ccccc1CNCc1ccccn1)c1ccccc1. The van der Waals surface area contributed by atoms with E-state index in [-0.39, 0.29) is 6.10 Å². The average molecular weight is 361 g/mol. The van der Waals surface area contributed by atoms with E-state index in [1.807, 2.05) is 49.6 Å². The molecule has 0 saturated heterocycles. The van der Waals surface area contributed by atoms with Crippen molar-refractivity contribution in [3.63, 3.8) is 0 Å². The van der Waals surface area contributed by atoms with Crippen molar-refractivity contribution in [1.29, 1.82) is 0 Å². The molecule has 1 unspecified atom stereocenters. The fraction of sp³-hybridized carbons (Fsp3) is 0.261. The second-order valence-electron chi connectivity index (χ2n) is 6.44. The Labute approximate surface area is 161 Å².